The summed E-state index contributed by atoms with van der Waals surface area (Å²) < 4.78 is 0. The highest BCUT2D eigenvalue weighted by atomic mass is 15.1. The number of guanidine groups is 1. The third-order valence-corrected chi connectivity index (χ3v) is 2.17. The second kappa shape index (κ2) is 5.36. The summed E-state index contributed by atoms with van der Waals surface area (Å²) in [5.41, 5.74) is 14.5. The van der Waals surface area contributed by atoms with E-state index >= 15 is 0 Å². The lowest BCUT2D eigenvalue weighted by Gasteiger charge is -2.08. The maximum Gasteiger partial charge on any atom is 0.193 e. The van der Waals surface area contributed by atoms with E-state index in [1.54, 1.807) is 0 Å². The highest BCUT2D eigenvalue weighted by Gasteiger charge is 1.99. The molecule has 0 radical (unpaired) electrons. The van der Waals surface area contributed by atoms with Gasteiger partial charge in [0.2, 0.25) is 0 Å². The Morgan fingerprint density at radius 3 is 2.80 bits per heavy atom. The van der Waals surface area contributed by atoms with E-state index in [-0.39, 0.29) is 0 Å². The van der Waals surface area contributed by atoms with Crippen LogP contribution in [0.4, 0.5) is 5.69 Å². The van der Waals surface area contributed by atoms with Crippen LogP contribution in [-0.4, -0.2) is 12.5 Å². The van der Waals surface area contributed by atoms with Crippen molar-refractivity contribution in [3.63, 3.8) is 0 Å². The van der Waals surface area contributed by atoms with Crippen LogP contribution < -0.4 is 16.8 Å². The van der Waals surface area contributed by atoms with Crippen LogP contribution in [-0.2, 0) is 6.54 Å². The van der Waals surface area contributed by atoms with Crippen LogP contribution in [0.3, 0.4) is 0 Å². The Hall–Kier alpha value is -1.55. The molecule has 0 amide bonds. The molecule has 0 unspecified atom stereocenters. The van der Waals surface area contributed by atoms with Gasteiger partial charge in [-0.15, -0.1) is 0 Å². The first-order valence-corrected chi connectivity index (χ1v) is 5.04. The first-order valence-electron chi connectivity index (χ1n) is 5.04. The molecule has 4 nitrogen and oxygen atoms in total. The monoisotopic (exact) mass is 206 g/mol. The Labute approximate surface area is 90.4 Å². The largest absolute Gasteiger partial charge is 0.370 e. The van der Waals surface area contributed by atoms with E-state index in [9.17, 15) is 0 Å². The lowest BCUT2D eigenvalue weighted by atomic mass is 10.1. The van der Waals surface area contributed by atoms with Crippen molar-refractivity contribution in [2.45, 2.75) is 20.4 Å². The fraction of sp³-hybridized carbons (Fsp3) is 0.364. The van der Waals surface area contributed by atoms with Gasteiger partial charge in [-0.1, -0.05) is 6.07 Å². The normalized spacial score (nSPS) is 11.5. The van der Waals surface area contributed by atoms with E-state index in [0.717, 1.165) is 11.3 Å². The maximum absolute atomic E-state index is 5.65. The standard InChI is InChI=1S/C11H18N4/c1-3-14-11(13)15-10-5-4-8(2)9(6-10)7-12/h4-6H,3,7,12H2,1-2H3,(H3,13,14,15). The first kappa shape index (κ1) is 11.5. The van der Waals surface area contributed by atoms with E-state index in [0.29, 0.717) is 19.0 Å². The minimum atomic E-state index is 0.435. The van der Waals surface area contributed by atoms with Crippen LogP contribution in [0.15, 0.2) is 23.2 Å². The lowest BCUT2D eigenvalue weighted by molar-refractivity contribution is 1.05. The second-order valence-corrected chi connectivity index (χ2v) is 3.33. The second-order valence-electron chi connectivity index (χ2n) is 3.33. The number of benzene rings is 1. The number of nitrogens with zero attached hydrogens (tertiary/aromatic N) is 1. The van der Waals surface area contributed by atoms with Gasteiger partial charge in [0.25, 0.3) is 0 Å². The fourth-order valence-corrected chi connectivity index (χ4v) is 1.33. The van der Waals surface area contributed by atoms with E-state index in [1.807, 2.05) is 32.0 Å². The minimum absolute atomic E-state index is 0.435. The molecule has 0 bridgehead atoms. The molecule has 0 aromatic heterocycles. The van der Waals surface area contributed by atoms with Crippen LogP contribution in [0.1, 0.15) is 18.1 Å². The zero-order valence-electron chi connectivity index (χ0n) is 9.25. The zero-order valence-corrected chi connectivity index (χ0v) is 9.25. The summed E-state index contributed by atoms with van der Waals surface area (Å²) >= 11 is 0. The molecular weight excluding hydrogens is 188 g/mol. The first-order chi connectivity index (χ1) is 7.17. The van der Waals surface area contributed by atoms with Crippen molar-refractivity contribution in [3.8, 4) is 0 Å². The molecule has 0 aliphatic carbocycles. The molecule has 4 heteroatoms. The smallest absolute Gasteiger partial charge is 0.193 e. The summed E-state index contributed by atoms with van der Waals surface area (Å²) in [6, 6.07) is 5.98. The Bertz CT molecular complexity index is 358. The van der Waals surface area contributed by atoms with Gasteiger partial charge >= 0.3 is 0 Å². The van der Waals surface area contributed by atoms with E-state index in [2.05, 4.69) is 10.3 Å². The molecule has 5 N–H and O–H groups in total. The van der Waals surface area contributed by atoms with E-state index in [1.165, 1.54) is 5.56 Å². The van der Waals surface area contributed by atoms with Gasteiger partial charge in [0.15, 0.2) is 5.96 Å². The van der Waals surface area contributed by atoms with Crippen molar-refractivity contribution < 1.29 is 0 Å². The molecule has 15 heavy (non-hydrogen) atoms. The third-order valence-electron chi connectivity index (χ3n) is 2.17. The quantitative estimate of drug-likeness (QED) is 0.513. The summed E-state index contributed by atoms with van der Waals surface area (Å²) in [6.45, 7) is 5.19. The number of aliphatic imine (C=N–C) groups is 1. The number of aryl methyl sites for hydroxylation is 1. The SMILES string of the molecule is CCN=C(N)Nc1ccc(C)c(CN)c1. The van der Waals surface area contributed by atoms with Gasteiger partial charge in [-0.25, -0.2) is 0 Å². The van der Waals surface area contributed by atoms with E-state index in [4.69, 9.17) is 11.5 Å². The van der Waals surface area contributed by atoms with Crippen LogP contribution in [0.25, 0.3) is 0 Å². The highest BCUT2D eigenvalue weighted by molar-refractivity contribution is 5.92. The van der Waals surface area contributed by atoms with Gasteiger partial charge in [-0.3, -0.25) is 4.99 Å². The van der Waals surface area contributed by atoms with Crippen molar-refractivity contribution in [3.05, 3.63) is 29.3 Å². The van der Waals surface area contributed by atoms with Crippen LogP contribution in [0, 0.1) is 6.92 Å². The molecule has 0 aliphatic heterocycles. The summed E-state index contributed by atoms with van der Waals surface area (Å²) in [5, 5.41) is 3.02. The topological polar surface area (TPSA) is 76.4 Å². The van der Waals surface area contributed by atoms with E-state index < -0.39 is 0 Å². The Balaban J connectivity index is 2.83. The van der Waals surface area contributed by atoms with Crippen LogP contribution >= 0.6 is 0 Å². The Morgan fingerprint density at radius 2 is 2.20 bits per heavy atom. The summed E-state index contributed by atoms with van der Waals surface area (Å²) in [5.74, 6) is 0.435. The molecule has 1 rings (SSSR count). The van der Waals surface area contributed by atoms with Crippen molar-refractivity contribution in [1.82, 2.24) is 0 Å². The zero-order chi connectivity index (χ0) is 11.3. The average Bonchev–Trinajstić information content (AvgIpc) is 2.21. The van der Waals surface area contributed by atoms with Gasteiger partial charge in [-0.05, 0) is 37.1 Å². The van der Waals surface area contributed by atoms with Crippen molar-refractivity contribution in [1.29, 1.82) is 0 Å². The predicted molar refractivity (Wildman–Crippen MR) is 64.9 cm³/mol. The van der Waals surface area contributed by atoms with Gasteiger partial charge in [-0.2, -0.15) is 0 Å². The number of nitrogens with two attached hydrogens (primary N) is 2. The molecule has 82 valence electrons. The number of rotatable bonds is 3. The van der Waals surface area contributed by atoms with Gasteiger partial charge < -0.3 is 16.8 Å². The molecule has 0 aliphatic rings. The molecule has 0 spiro atoms. The molecular formula is C11H18N4. The molecule has 0 saturated heterocycles. The molecule has 0 atom stereocenters. The molecule has 0 heterocycles. The Morgan fingerprint density at radius 1 is 1.47 bits per heavy atom. The number of hydrogen-bond acceptors (Lipinski definition) is 2. The lowest BCUT2D eigenvalue weighted by Crippen LogP contribution is -2.22. The predicted octanol–water partition coefficient (Wildman–Crippen LogP) is 1.20. The fourth-order valence-electron chi connectivity index (χ4n) is 1.33. The molecule has 0 saturated carbocycles. The summed E-state index contributed by atoms with van der Waals surface area (Å²) in [4.78, 5) is 4.05. The molecule has 0 fully saturated rings. The molecule has 1 aromatic rings. The van der Waals surface area contributed by atoms with Crippen molar-refractivity contribution >= 4 is 11.6 Å². The summed E-state index contributed by atoms with van der Waals surface area (Å²) in [7, 11) is 0. The van der Waals surface area contributed by atoms with Crippen LogP contribution in [0.2, 0.25) is 0 Å². The van der Waals surface area contributed by atoms with Crippen molar-refractivity contribution in [2.75, 3.05) is 11.9 Å². The molecule has 1 aromatic carbocycles. The number of nitrogens with one attached hydrogen (secondary N) is 1. The van der Waals surface area contributed by atoms with Gasteiger partial charge in [0, 0.05) is 18.8 Å². The van der Waals surface area contributed by atoms with Crippen molar-refractivity contribution in [2.24, 2.45) is 16.5 Å². The number of anilines is 1. The Kier molecular flexibility index (Phi) is 4.12. The third kappa shape index (κ3) is 3.25. The average molecular weight is 206 g/mol. The highest BCUT2D eigenvalue weighted by Crippen LogP contribution is 2.14. The number of hydrogen-bond donors (Lipinski definition) is 3. The van der Waals surface area contributed by atoms with Gasteiger partial charge in [0.05, 0.1) is 0 Å². The van der Waals surface area contributed by atoms with Gasteiger partial charge in [0.1, 0.15) is 0 Å². The summed E-state index contributed by atoms with van der Waals surface area (Å²) in [6.07, 6.45) is 0. The van der Waals surface area contributed by atoms with Crippen LogP contribution in [0.5, 0.6) is 0 Å². The maximum atomic E-state index is 5.65. The minimum Gasteiger partial charge on any atom is -0.370 e.